The minimum Gasteiger partial charge on any atom is -0.416 e. The summed E-state index contributed by atoms with van der Waals surface area (Å²) in [6, 6.07) is 9.33. The Labute approximate surface area is 117 Å². The van der Waals surface area contributed by atoms with E-state index in [1.807, 2.05) is 6.07 Å². The summed E-state index contributed by atoms with van der Waals surface area (Å²) >= 11 is 0. The van der Waals surface area contributed by atoms with Crippen LogP contribution in [0.4, 0.5) is 8.78 Å². The number of rotatable bonds is 2. The lowest BCUT2D eigenvalue weighted by Crippen LogP contribution is -1.90. The molecule has 21 heavy (non-hydrogen) atoms. The summed E-state index contributed by atoms with van der Waals surface area (Å²) in [5, 5.41) is 16.2. The highest BCUT2D eigenvalue weighted by atomic mass is 19.1. The van der Waals surface area contributed by atoms with E-state index in [1.54, 1.807) is 24.3 Å². The summed E-state index contributed by atoms with van der Waals surface area (Å²) in [5.74, 6) is -1.63. The Bertz CT molecular complexity index is 837. The van der Waals surface area contributed by atoms with Crippen LogP contribution in [-0.2, 0) is 0 Å². The van der Waals surface area contributed by atoms with Gasteiger partial charge in [0.05, 0.1) is 23.4 Å². The fourth-order valence-electron chi connectivity index (χ4n) is 1.71. The Balaban J connectivity index is 1.99. The first-order chi connectivity index (χ1) is 10.2. The van der Waals surface area contributed by atoms with Gasteiger partial charge in [-0.05, 0) is 30.3 Å². The molecule has 3 aromatic rings. The average molecular weight is 284 g/mol. The number of benzene rings is 1. The van der Waals surface area contributed by atoms with Crippen LogP contribution in [0.2, 0.25) is 0 Å². The van der Waals surface area contributed by atoms with Crippen LogP contribution < -0.4 is 0 Å². The van der Waals surface area contributed by atoms with Gasteiger partial charge in [-0.2, -0.15) is 9.65 Å². The average Bonchev–Trinajstić information content (AvgIpc) is 2.99. The molecule has 0 bridgehead atoms. The molecule has 0 unspecified atom stereocenters. The molecule has 102 valence electrons. The number of pyridine rings is 1. The predicted octanol–water partition coefficient (Wildman–Crippen LogP) is 2.95. The van der Waals surface area contributed by atoms with Gasteiger partial charge in [0.25, 0.3) is 5.89 Å². The number of nitrogens with zero attached hydrogens (tertiary/aromatic N) is 4. The van der Waals surface area contributed by atoms with E-state index in [0.717, 1.165) is 12.3 Å². The van der Waals surface area contributed by atoms with Crippen LogP contribution in [0.5, 0.6) is 0 Å². The SMILES string of the molecule is N#Cc1ccc(-c2nnc(-c3cc(F)cnc3F)o2)cc1. The van der Waals surface area contributed by atoms with Crippen LogP contribution in [0.15, 0.2) is 40.9 Å². The van der Waals surface area contributed by atoms with Gasteiger partial charge in [0, 0.05) is 5.56 Å². The first-order valence-electron chi connectivity index (χ1n) is 5.83. The van der Waals surface area contributed by atoms with Gasteiger partial charge in [0.2, 0.25) is 11.8 Å². The standard InChI is InChI=1S/C14H6F2N4O/c15-10-5-11(12(16)18-7-10)14-20-19-13(21-14)9-3-1-8(6-17)2-4-9/h1-5,7H. The van der Waals surface area contributed by atoms with Crippen molar-refractivity contribution in [3.05, 3.63) is 53.9 Å². The van der Waals surface area contributed by atoms with Crippen LogP contribution in [-0.4, -0.2) is 15.2 Å². The Morgan fingerprint density at radius 3 is 2.48 bits per heavy atom. The summed E-state index contributed by atoms with van der Waals surface area (Å²) in [6.45, 7) is 0. The highest BCUT2D eigenvalue weighted by Gasteiger charge is 2.16. The number of hydrogen-bond acceptors (Lipinski definition) is 5. The third-order valence-electron chi connectivity index (χ3n) is 2.72. The predicted molar refractivity (Wildman–Crippen MR) is 67.6 cm³/mol. The van der Waals surface area contributed by atoms with Crippen molar-refractivity contribution in [2.24, 2.45) is 0 Å². The molecule has 0 saturated carbocycles. The highest BCUT2D eigenvalue weighted by Crippen LogP contribution is 2.25. The van der Waals surface area contributed by atoms with Crippen molar-refractivity contribution in [2.45, 2.75) is 0 Å². The Kier molecular flexibility index (Phi) is 3.12. The van der Waals surface area contributed by atoms with Crippen LogP contribution in [0, 0.1) is 23.1 Å². The summed E-state index contributed by atoms with van der Waals surface area (Å²) in [5.41, 5.74) is 0.846. The van der Waals surface area contributed by atoms with Crippen LogP contribution in [0.25, 0.3) is 22.9 Å². The molecule has 0 N–H and O–H groups in total. The van der Waals surface area contributed by atoms with Crippen molar-refractivity contribution in [2.75, 3.05) is 0 Å². The van der Waals surface area contributed by atoms with Gasteiger partial charge >= 0.3 is 0 Å². The molecular weight excluding hydrogens is 278 g/mol. The number of hydrogen-bond donors (Lipinski definition) is 0. The van der Waals surface area contributed by atoms with Crippen LogP contribution in [0.3, 0.4) is 0 Å². The zero-order chi connectivity index (χ0) is 14.8. The molecule has 0 aliphatic heterocycles. The lowest BCUT2D eigenvalue weighted by Gasteiger charge is -1.97. The monoisotopic (exact) mass is 284 g/mol. The molecule has 0 atom stereocenters. The van der Waals surface area contributed by atoms with Gasteiger partial charge in [-0.15, -0.1) is 10.2 Å². The normalized spacial score (nSPS) is 10.3. The van der Waals surface area contributed by atoms with E-state index in [2.05, 4.69) is 15.2 Å². The highest BCUT2D eigenvalue weighted by molar-refractivity contribution is 5.58. The second-order valence-electron chi connectivity index (χ2n) is 4.09. The van der Waals surface area contributed by atoms with Crippen LogP contribution in [0.1, 0.15) is 5.56 Å². The molecule has 5 nitrogen and oxygen atoms in total. The van der Waals surface area contributed by atoms with Crippen LogP contribution >= 0.6 is 0 Å². The second-order valence-corrected chi connectivity index (χ2v) is 4.09. The molecule has 0 spiro atoms. The van der Waals surface area contributed by atoms with Crippen molar-refractivity contribution >= 4 is 0 Å². The third kappa shape index (κ3) is 2.47. The maximum Gasteiger partial charge on any atom is 0.252 e. The second kappa shape index (κ2) is 5.09. The topological polar surface area (TPSA) is 75.6 Å². The number of nitriles is 1. The van der Waals surface area contributed by atoms with E-state index in [1.165, 1.54) is 0 Å². The van der Waals surface area contributed by atoms with Gasteiger partial charge < -0.3 is 4.42 Å². The van der Waals surface area contributed by atoms with E-state index in [0.29, 0.717) is 11.1 Å². The zero-order valence-electron chi connectivity index (χ0n) is 10.4. The van der Waals surface area contributed by atoms with Gasteiger partial charge in [-0.25, -0.2) is 9.37 Å². The van der Waals surface area contributed by atoms with Gasteiger partial charge in [0.1, 0.15) is 5.82 Å². The van der Waals surface area contributed by atoms with E-state index in [9.17, 15) is 8.78 Å². The first-order valence-corrected chi connectivity index (χ1v) is 5.83. The minimum absolute atomic E-state index is 0.137. The largest absolute Gasteiger partial charge is 0.416 e. The van der Waals surface area contributed by atoms with E-state index < -0.39 is 11.8 Å². The van der Waals surface area contributed by atoms with Gasteiger partial charge in [-0.3, -0.25) is 0 Å². The van der Waals surface area contributed by atoms with Crippen molar-refractivity contribution in [3.8, 4) is 29.0 Å². The Hall–Kier alpha value is -3.14. The summed E-state index contributed by atoms with van der Waals surface area (Å²) in [7, 11) is 0. The molecule has 0 fully saturated rings. The maximum atomic E-state index is 13.5. The molecule has 3 rings (SSSR count). The lowest BCUT2D eigenvalue weighted by atomic mass is 10.1. The lowest BCUT2D eigenvalue weighted by molar-refractivity contribution is 0.542. The quantitative estimate of drug-likeness (QED) is 0.676. The zero-order valence-corrected chi connectivity index (χ0v) is 10.4. The maximum absolute atomic E-state index is 13.5. The third-order valence-corrected chi connectivity index (χ3v) is 2.72. The summed E-state index contributed by atoms with van der Waals surface area (Å²) in [6.07, 6.45) is 0.761. The molecule has 1 aromatic carbocycles. The summed E-state index contributed by atoms with van der Waals surface area (Å²) < 4.78 is 31.9. The molecule has 0 aliphatic carbocycles. The molecular formula is C14H6F2N4O. The van der Waals surface area contributed by atoms with Crippen molar-refractivity contribution in [1.29, 1.82) is 5.26 Å². The molecule has 7 heteroatoms. The van der Waals surface area contributed by atoms with E-state index in [4.69, 9.17) is 9.68 Å². The molecule has 0 aliphatic rings. The molecule has 0 saturated heterocycles. The molecule has 0 radical (unpaired) electrons. The van der Waals surface area contributed by atoms with Crippen molar-refractivity contribution < 1.29 is 13.2 Å². The smallest absolute Gasteiger partial charge is 0.252 e. The fraction of sp³-hybridized carbons (Fsp3) is 0. The van der Waals surface area contributed by atoms with Gasteiger partial charge in [-0.1, -0.05) is 0 Å². The fourth-order valence-corrected chi connectivity index (χ4v) is 1.71. The molecule has 2 heterocycles. The van der Waals surface area contributed by atoms with E-state index in [-0.39, 0.29) is 17.3 Å². The van der Waals surface area contributed by atoms with Gasteiger partial charge in [0.15, 0.2) is 0 Å². The number of aromatic nitrogens is 3. The van der Waals surface area contributed by atoms with Crippen molar-refractivity contribution in [1.82, 2.24) is 15.2 Å². The number of halogens is 2. The first kappa shape index (κ1) is 12.9. The molecule has 0 amide bonds. The summed E-state index contributed by atoms with van der Waals surface area (Å²) in [4.78, 5) is 3.25. The van der Waals surface area contributed by atoms with E-state index >= 15 is 0 Å². The Morgan fingerprint density at radius 2 is 1.76 bits per heavy atom. The Morgan fingerprint density at radius 1 is 1.05 bits per heavy atom. The minimum atomic E-state index is -0.897. The molecule has 2 aromatic heterocycles. The van der Waals surface area contributed by atoms with Crippen molar-refractivity contribution in [3.63, 3.8) is 0 Å².